The Kier molecular flexibility index (Phi) is 6.52. The second kappa shape index (κ2) is 8.61. The van der Waals surface area contributed by atoms with Gasteiger partial charge in [0, 0.05) is 6.54 Å². The van der Waals surface area contributed by atoms with Crippen molar-refractivity contribution in [3.8, 4) is 0 Å². The second-order valence-electron chi connectivity index (χ2n) is 6.00. The molecular weight excluding hydrogens is 312 g/mol. The zero-order valence-corrected chi connectivity index (χ0v) is 13.5. The highest BCUT2D eigenvalue weighted by molar-refractivity contribution is 5.68. The van der Waals surface area contributed by atoms with Crippen LogP contribution < -0.4 is 5.32 Å². The van der Waals surface area contributed by atoms with Crippen LogP contribution in [0.4, 0.5) is 4.79 Å². The van der Waals surface area contributed by atoms with E-state index in [1.165, 1.54) is 5.94 Å². The summed E-state index contributed by atoms with van der Waals surface area (Å²) in [5, 5.41) is 22.3. The smallest absolute Gasteiger partial charge is 0.411 e. The number of rotatable bonds is 7. The van der Waals surface area contributed by atoms with Gasteiger partial charge in [-0.2, -0.15) is 0 Å². The highest BCUT2D eigenvalue weighted by atomic mass is 16.6. The van der Waals surface area contributed by atoms with E-state index < -0.39 is 12.4 Å². The van der Waals surface area contributed by atoms with Gasteiger partial charge in [-0.1, -0.05) is 37.3 Å². The van der Waals surface area contributed by atoms with Crippen molar-refractivity contribution in [2.24, 2.45) is 5.92 Å². The molecule has 4 atom stereocenters. The number of carboxylic acid groups (broad SMARTS) is 1. The molecule has 1 aliphatic rings. The topological polar surface area (TPSA) is 99.1 Å². The number of hydrogen-bond donors (Lipinski definition) is 3. The largest absolute Gasteiger partial charge is 0.465 e. The minimum absolute atomic E-state index is 0.0640. The lowest BCUT2D eigenvalue weighted by molar-refractivity contribution is -0.101. The third-order valence-electron chi connectivity index (χ3n) is 3.93. The predicted octanol–water partition coefficient (Wildman–Crippen LogP) is 1.21. The molecule has 1 saturated heterocycles. The van der Waals surface area contributed by atoms with Gasteiger partial charge in [0.05, 0.1) is 12.2 Å². The number of aliphatic hydroxyl groups excluding tert-OH is 1. The van der Waals surface area contributed by atoms with Crippen LogP contribution >= 0.6 is 0 Å². The van der Waals surface area contributed by atoms with E-state index in [-0.39, 0.29) is 24.7 Å². The lowest BCUT2D eigenvalue weighted by atomic mass is 10.0. The Morgan fingerprint density at radius 3 is 2.79 bits per heavy atom. The minimum Gasteiger partial charge on any atom is -0.465 e. The summed E-state index contributed by atoms with van der Waals surface area (Å²) in [6, 6.07) is 9.58. The first-order valence-electron chi connectivity index (χ1n) is 7.83. The molecule has 7 heteroatoms. The summed E-state index contributed by atoms with van der Waals surface area (Å²) in [5.41, 5.74) is 1.10. The van der Waals surface area contributed by atoms with Crippen LogP contribution in [0.25, 0.3) is 0 Å². The van der Waals surface area contributed by atoms with Crippen LogP contribution in [0.2, 0.25) is 0 Å². The SMILES string of the molecule is CC(CC1NC(Cc2ccccc2)C(O)O1)CN(C=C=O)C(=O)O. The van der Waals surface area contributed by atoms with E-state index in [0.29, 0.717) is 12.8 Å². The fourth-order valence-electron chi connectivity index (χ4n) is 2.80. The summed E-state index contributed by atoms with van der Waals surface area (Å²) < 4.78 is 5.51. The molecule has 4 unspecified atom stereocenters. The number of carbonyl (C=O) groups is 1. The van der Waals surface area contributed by atoms with Crippen molar-refractivity contribution in [1.82, 2.24) is 10.2 Å². The van der Waals surface area contributed by atoms with Crippen LogP contribution in [0.1, 0.15) is 18.9 Å². The molecule has 0 bridgehead atoms. The normalized spacial score (nSPS) is 24.2. The lowest BCUT2D eigenvalue weighted by Gasteiger charge is -2.21. The molecular formula is C17H22N2O5. The fraction of sp³-hybridized carbons (Fsp3) is 0.471. The van der Waals surface area contributed by atoms with Crippen LogP contribution in [0.3, 0.4) is 0 Å². The third kappa shape index (κ3) is 5.18. The highest BCUT2D eigenvalue weighted by Crippen LogP contribution is 2.20. The molecule has 1 aromatic rings. The summed E-state index contributed by atoms with van der Waals surface area (Å²) in [6.45, 7) is 2.02. The number of hydrogen-bond acceptors (Lipinski definition) is 5. The average Bonchev–Trinajstić information content (AvgIpc) is 2.87. The van der Waals surface area contributed by atoms with Crippen LogP contribution in [-0.4, -0.2) is 52.3 Å². The van der Waals surface area contributed by atoms with Crippen molar-refractivity contribution < 1.29 is 24.5 Å². The maximum atomic E-state index is 11.0. The molecule has 2 rings (SSSR count). The van der Waals surface area contributed by atoms with Crippen molar-refractivity contribution in [3.63, 3.8) is 0 Å². The molecule has 1 fully saturated rings. The van der Waals surface area contributed by atoms with Gasteiger partial charge in [0.25, 0.3) is 0 Å². The summed E-state index contributed by atoms with van der Waals surface area (Å²) >= 11 is 0. The summed E-state index contributed by atoms with van der Waals surface area (Å²) in [6.07, 6.45) is -0.449. The Bertz CT molecular complexity index is 586. The molecule has 7 nitrogen and oxygen atoms in total. The maximum absolute atomic E-state index is 11.0. The van der Waals surface area contributed by atoms with Gasteiger partial charge in [0.15, 0.2) is 6.29 Å². The van der Waals surface area contributed by atoms with Crippen LogP contribution in [0.15, 0.2) is 36.5 Å². The standard InChI is InChI=1S/C17H22N2O5/c1-12(11-19(7-8-20)17(22)23)9-15-18-14(16(21)24-15)10-13-5-3-2-4-6-13/h2-7,12,14-16,18,21H,9-11H2,1H3,(H,22,23). The Morgan fingerprint density at radius 2 is 2.17 bits per heavy atom. The van der Waals surface area contributed by atoms with Crippen LogP contribution in [-0.2, 0) is 16.0 Å². The quantitative estimate of drug-likeness (QED) is 0.648. The molecule has 0 radical (unpaired) electrons. The van der Waals surface area contributed by atoms with E-state index >= 15 is 0 Å². The van der Waals surface area contributed by atoms with E-state index in [1.54, 1.807) is 0 Å². The number of aliphatic hydroxyl groups is 1. The molecule has 1 aromatic carbocycles. The highest BCUT2D eigenvalue weighted by Gasteiger charge is 2.34. The molecule has 3 N–H and O–H groups in total. The second-order valence-corrected chi connectivity index (χ2v) is 6.00. The summed E-state index contributed by atoms with van der Waals surface area (Å²) in [4.78, 5) is 22.2. The number of amides is 1. The molecule has 1 aliphatic heterocycles. The Labute approximate surface area is 140 Å². The van der Waals surface area contributed by atoms with E-state index in [1.807, 2.05) is 37.3 Å². The summed E-state index contributed by atoms with van der Waals surface area (Å²) in [5.74, 6) is 1.41. The molecule has 0 saturated carbocycles. The van der Waals surface area contributed by atoms with Crippen molar-refractivity contribution in [2.45, 2.75) is 38.3 Å². The van der Waals surface area contributed by atoms with E-state index in [0.717, 1.165) is 16.7 Å². The van der Waals surface area contributed by atoms with Crippen LogP contribution in [0.5, 0.6) is 0 Å². The zero-order valence-electron chi connectivity index (χ0n) is 13.5. The van der Waals surface area contributed by atoms with Crippen molar-refractivity contribution in [1.29, 1.82) is 0 Å². The van der Waals surface area contributed by atoms with Gasteiger partial charge in [-0.3, -0.25) is 10.2 Å². The van der Waals surface area contributed by atoms with Gasteiger partial charge in [0.1, 0.15) is 12.2 Å². The predicted molar refractivity (Wildman–Crippen MR) is 86.7 cm³/mol. The van der Waals surface area contributed by atoms with E-state index in [9.17, 15) is 14.7 Å². The first-order valence-corrected chi connectivity index (χ1v) is 7.83. The number of benzene rings is 1. The fourth-order valence-corrected chi connectivity index (χ4v) is 2.80. The van der Waals surface area contributed by atoms with Gasteiger partial charge < -0.3 is 14.9 Å². The van der Waals surface area contributed by atoms with Gasteiger partial charge in [-0.15, -0.1) is 0 Å². The molecule has 0 aromatic heterocycles. The molecule has 1 heterocycles. The molecule has 1 amide bonds. The van der Waals surface area contributed by atoms with Gasteiger partial charge in [-0.05, 0) is 24.3 Å². The lowest BCUT2D eigenvalue weighted by Crippen LogP contribution is -2.37. The number of ether oxygens (including phenoxy) is 1. The molecule has 130 valence electrons. The maximum Gasteiger partial charge on any atom is 0.411 e. The number of nitrogens with zero attached hydrogens (tertiary/aromatic N) is 1. The first kappa shape index (κ1) is 18.2. The van der Waals surface area contributed by atoms with Crippen molar-refractivity contribution >= 4 is 12.0 Å². The van der Waals surface area contributed by atoms with E-state index in [2.05, 4.69) is 5.32 Å². The van der Waals surface area contributed by atoms with Gasteiger partial charge in [0.2, 0.25) is 0 Å². The number of nitrogens with one attached hydrogen (secondary N) is 1. The summed E-state index contributed by atoms with van der Waals surface area (Å²) in [7, 11) is 0. The van der Waals surface area contributed by atoms with E-state index in [4.69, 9.17) is 9.84 Å². The molecule has 24 heavy (non-hydrogen) atoms. The van der Waals surface area contributed by atoms with Crippen LogP contribution in [0, 0.1) is 5.92 Å². The van der Waals surface area contributed by atoms with Crippen molar-refractivity contribution in [2.75, 3.05) is 6.54 Å². The van der Waals surface area contributed by atoms with Gasteiger partial charge >= 0.3 is 6.09 Å². The third-order valence-corrected chi connectivity index (χ3v) is 3.93. The minimum atomic E-state index is -1.20. The Morgan fingerprint density at radius 1 is 1.46 bits per heavy atom. The first-order chi connectivity index (χ1) is 11.5. The van der Waals surface area contributed by atoms with Gasteiger partial charge in [-0.25, -0.2) is 9.59 Å². The molecule has 0 spiro atoms. The zero-order chi connectivity index (χ0) is 17.5. The molecule has 0 aliphatic carbocycles. The van der Waals surface area contributed by atoms with Crippen molar-refractivity contribution in [3.05, 3.63) is 42.1 Å². The average molecular weight is 334 g/mol. The Hall–Kier alpha value is -2.18. The monoisotopic (exact) mass is 334 g/mol. The Balaban J connectivity index is 1.85. The number of carbonyl (C=O) groups excluding carboxylic acids is 1.